The third-order valence-electron chi connectivity index (χ3n) is 3.12. The number of primary amides is 1. The summed E-state index contributed by atoms with van der Waals surface area (Å²) in [6, 6.07) is -4.73. The minimum atomic E-state index is -1.42. The molecule has 8 N–H and O–H groups in total. The van der Waals surface area contributed by atoms with Crippen molar-refractivity contribution in [3.63, 3.8) is 0 Å². The maximum absolute atomic E-state index is 12.1. The number of carbonyl (C=O) groups is 5. The monoisotopic (exact) mass is 409 g/mol. The lowest BCUT2D eigenvalue weighted by Crippen LogP contribution is -2.57. The summed E-state index contributed by atoms with van der Waals surface area (Å²) in [7, 11) is 0. The minimum Gasteiger partial charge on any atom is -0.480 e. The number of amides is 4. The van der Waals surface area contributed by atoms with E-state index in [1.807, 2.05) is 0 Å². The number of carboxylic acid groups (broad SMARTS) is 1. The van der Waals surface area contributed by atoms with Crippen molar-refractivity contribution in [2.45, 2.75) is 37.5 Å². The van der Waals surface area contributed by atoms with Crippen molar-refractivity contribution in [1.29, 1.82) is 0 Å². The van der Waals surface area contributed by atoms with Gasteiger partial charge in [0.15, 0.2) is 0 Å². The van der Waals surface area contributed by atoms with Crippen molar-refractivity contribution < 1.29 is 29.1 Å². The van der Waals surface area contributed by atoms with Gasteiger partial charge in [-0.1, -0.05) is 0 Å². The quantitative estimate of drug-likeness (QED) is 0.163. The first-order valence-corrected chi connectivity index (χ1v) is 8.69. The zero-order valence-electron chi connectivity index (χ0n) is 14.0. The largest absolute Gasteiger partial charge is 0.480 e. The molecule has 4 amide bonds. The van der Waals surface area contributed by atoms with Crippen LogP contribution in [-0.2, 0) is 24.0 Å². The molecule has 0 aliphatic carbocycles. The lowest BCUT2D eigenvalue weighted by atomic mass is 10.1. The van der Waals surface area contributed by atoms with Crippen LogP contribution in [0.4, 0.5) is 0 Å². The first-order valence-electron chi connectivity index (χ1n) is 7.43. The number of thiol groups is 2. The predicted molar refractivity (Wildman–Crippen MR) is 98.6 cm³/mol. The highest BCUT2D eigenvalue weighted by molar-refractivity contribution is 7.80. The molecule has 0 saturated heterocycles. The van der Waals surface area contributed by atoms with Crippen molar-refractivity contribution in [3.05, 3.63) is 0 Å². The van der Waals surface area contributed by atoms with Gasteiger partial charge in [0.25, 0.3) is 0 Å². The molecule has 0 saturated carbocycles. The maximum atomic E-state index is 12.1. The summed E-state index contributed by atoms with van der Waals surface area (Å²) in [5.41, 5.74) is 10.5. The molecule has 0 rings (SSSR count). The fraction of sp³-hybridized carbons (Fsp3) is 0.615. The van der Waals surface area contributed by atoms with Gasteiger partial charge in [0.2, 0.25) is 23.6 Å². The van der Waals surface area contributed by atoms with Gasteiger partial charge < -0.3 is 32.5 Å². The summed E-state index contributed by atoms with van der Waals surface area (Å²) in [5.74, 6) is -4.71. The van der Waals surface area contributed by atoms with Crippen LogP contribution in [0, 0.1) is 0 Å². The fourth-order valence-corrected chi connectivity index (χ4v) is 2.05. The molecule has 148 valence electrons. The van der Waals surface area contributed by atoms with Crippen LogP contribution < -0.4 is 27.4 Å². The topological polar surface area (TPSA) is 194 Å². The van der Waals surface area contributed by atoms with E-state index in [0.29, 0.717) is 0 Å². The smallest absolute Gasteiger partial charge is 0.327 e. The van der Waals surface area contributed by atoms with E-state index in [0.717, 1.165) is 0 Å². The Morgan fingerprint density at radius 1 is 0.923 bits per heavy atom. The Hall–Kier alpha value is -1.99. The molecule has 0 fully saturated rings. The number of carbonyl (C=O) groups excluding carboxylic acids is 4. The Kier molecular flexibility index (Phi) is 10.7. The second-order valence-corrected chi connectivity index (χ2v) is 6.06. The van der Waals surface area contributed by atoms with E-state index in [1.165, 1.54) is 6.92 Å². The van der Waals surface area contributed by atoms with E-state index >= 15 is 0 Å². The maximum Gasteiger partial charge on any atom is 0.327 e. The SMILES string of the molecule is CC(NC(=O)C(N)CS)C(=O)NC(CC(N)=O)C(=O)NC(CS)C(=O)O. The highest BCUT2D eigenvalue weighted by Crippen LogP contribution is 1.98. The van der Waals surface area contributed by atoms with Gasteiger partial charge in [-0.25, -0.2) is 4.79 Å². The summed E-state index contributed by atoms with van der Waals surface area (Å²) >= 11 is 7.66. The Bertz CT molecular complexity index is 561. The first kappa shape index (κ1) is 24.0. The molecule has 0 aromatic heterocycles. The van der Waals surface area contributed by atoms with Crippen LogP contribution in [0.3, 0.4) is 0 Å². The molecule has 0 spiro atoms. The van der Waals surface area contributed by atoms with Gasteiger partial charge in [0, 0.05) is 11.5 Å². The standard InChI is InChI=1S/C13H23N5O6S2/c1-5(16-11(21)6(14)3-25)10(20)17-7(2-9(15)19)12(22)18-8(4-26)13(23)24/h5-8,25-26H,2-4,14H2,1H3,(H2,15,19)(H,16,21)(H,17,20)(H,18,22)(H,23,24). The van der Waals surface area contributed by atoms with Gasteiger partial charge >= 0.3 is 5.97 Å². The summed E-state index contributed by atoms with van der Waals surface area (Å²) in [6.07, 6.45) is -0.562. The molecular weight excluding hydrogens is 386 g/mol. The summed E-state index contributed by atoms with van der Waals surface area (Å²) < 4.78 is 0. The van der Waals surface area contributed by atoms with Crippen LogP contribution >= 0.6 is 25.3 Å². The number of aliphatic carboxylic acids is 1. The third kappa shape index (κ3) is 8.40. The van der Waals surface area contributed by atoms with Crippen LogP contribution in [0.25, 0.3) is 0 Å². The molecule has 0 aromatic carbocycles. The Morgan fingerprint density at radius 2 is 1.46 bits per heavy atom. The molecule has 0 aliphatic rings. The van der Waals surface area contributed by atoms with Crippen LogP contribution in [0.2, 0.25) is 0 Å². The average Bonchev–Trinajstić information content (AvgIpc) is 2.56. The second-order valence-electron chi connectivity index (χ2n) is 5.33. The van der Waals surface area contributed by atoms with Gasteiger partial charge in [-0.2, -0.15) is 25.3 Å². The zero-order chi connectivity index (χ0) is 20.4. The lowest BCUT2D eigenvalue weighted by molar-refractivity contribution is -0.141. The Morgan fingerprint density at radius 3 is 1.88 bits per heavy atom. The van der Waals surface area contributed by atoms with Gasteiger partial charge in [-0.05, 0) is 6.92 Å². The van der Waals surface area contributed by atoms with Crippen LogP contribution in [0.5, 0.6) is 0 Å². The molecule has 11 nitrogen and oxygen atoms in total. The summed E-state index contributed by atoms with van der Waals surface area (Å²) in [5, 5.41) is 15.6. The van der Waals surface area contributed by atoms with E-state index in [-0.39, 0.29) is 11.5 Å². The number of hydrogen-bond acceptors (Lipinski definition) is 8. The highest BCUT2D eigenvalue weighted by atomic mass is 32.1. The summed E-state index contributed by atoms with van der Waals surface area (Å²) in [6.45, 7) is 1.34. The first-order chi connectivity index (χ1) is 12.0. The third-order valence-corrected chi connectivity index (χ3v) is 3.88. The van der Waals surface area contributed by atoms with Crippen molar-refractivity contribution in [3.8, 4) is 0 Å². The normalized spacial score (nSPS) is 15.1. The molecule has 0 heterocycles. The van der Waals surface area contributed by atoms with Crippen LogP contribution in [-0.4, -0.2) is 70.4 Å². The number of nitrogens with one attached hydrogen (secondary N) is 3. The molecule has 4 unspecified atom stereocenters. The number of hydrogen-bond donors (Lipinski definition) is 8. The average molecular weight is 409 g/mol. The Labute approximate surface area is 160 Å². The fourth-order valence-electron chi connectivity index (χ4n) is 1.63. The molecule has 0 aliphatic heterocycles. The van der Waals surface area contributed by atoms with Gasteiger partial charge in [-0.3, -0.25) is 19.2 Å². The lowest BCUT2D eigenvalue weighted by Gasteiger charge is -2.22. The molecule has 26 heavy (non-hydrogen) atoms. The van der Waals surface area contributed by atoms with E-state index in [2.05, 4.69) is 41.2 Å². The molecule has 4 atom stereocenters. The number of rotatable bonds is 11. The second kappa shape index (κ2) is 11.6. The van der Waals surface area contributed by atoms with Gasteiger partial charge in [-0.15, -0.1) is 0 Å². The number of carboxylic acids is 1. The van der Waals surface area contributed by atoms with E-state index in [4.69, 9.17) is 16.6 Å². The van der Waals surface area contributed by atoms with Crippen LogP contribution in [0.15, 0.2) is 0 Å². The van der Waals surface area contributed by atoms with E-state index < -0.39 is 60.2 Å². The highest BCUT2D eigenvalue weighted by Gasteiger charge is 2.29. The number of nitrogens with two attached hydrogens (primary N) is 2. The summed E-state index contributed by atoms with van der Waals surface area (Å²) in [4.78, 5) is 58.0. The molecular formula is C13H23N5O6S2. The van der Waals surface area contributed by atoms with E-state index in [9.17, 15) is 24.0 Å². The van der Waals surface area contributed by atoms with Crippen molar-refractivity contribution in [2.75, 3.05) is 11.5 Å². The van der Waals surface area contributed by atoms with Crippen molar-refractivity contribution in [1.82, 2.24) is 16.0 Å². The molecule has 0 aromatic rings. The molecule has 0 radical (unpaired) electrons. The Balaban J connectivity index is 5.00. The van der Waals surface area contributed by atoms with E-state index in [1.54, 1.807) is 0 Å². The minimum absolute atomic E-state index is 0.0627. The molecule has 13 heteroatoms. The van der Waals surface area contributed by atoms with Gasteiger partial charge in [0.05, 0.1) is 12.5 Å². The molecule has 0 bridgehead atoms. The van der Waals surface area contributed by atoms with Crippen LogP contribution in [0.1, 0.15) is 13.3 Å². The van der Waals surface area contributed by atoms with Crippen molar-refractivity contribution in [2.24, 2.45) is 11.5 Å². The zero-order valence-corrected chi connectivity index (χ0v) is 15.8. The van der Waals surface area contributed by atoms with Gasteiger partial charge in [0.1, 0.15) is 18.1 Å². The van der Waals surface area contributed by atoms with Crippen molar-refractivity contribution >= 4 is 54.9 Å². The predicted octanol–water partition coefficient (Wildman–Crippen LogP) is -3.39.